The number of likely N-dealkylation sites (N-methyl/N-ethyl adjacent to an activating group) is 1. The molecule has 1 aliphatic heterocycles. The molecule has 0 aliphatic carbocycles. The van der Waals surface area contributed by atoms with Crippen molar-refractivity contribution in [3.05, 3.63) is 29.3 Å². The van der Waals surface area contributed by atoms with Gasteiger partial charge in [-0.1, -0.05) is 12.1 Å². The minimum absolute atomic E-state index is 0.0657. The summed E-state index contributed by atoms with van der Waals surface area (Å²) in [6, 6.07) is 4.43. The van der Waals surface area contributed by atoms with Gasteiger partial charge in [0.15, 0.2) is 0 Å². The van der Waals surface area contributed by atoms with E-state index in [1.807, 2.05) is 0 Å². The molecule has 0 radical (unpaired) electrons. The topological polar surface area (TPSA) is 24.1 Å². The molecule has 2 nitrogen and oxygen atoms in total. The van der Waals surface area contributed by atoms with Gasteiger partial charge in [-0.15, -0.1) is 0 Å². The molecule has 1 aliphatic rings. The first kappa shape index (κ1) is 12.2. The molecule has 2 rings (SSSR count). The Bertz CT molecular complexity index is 401. The fourth-order valence-corrected chi connectivity index (χ4v) is 2.22. The molecule has 0 bridgehead atoms. The van der Waals surface area contributed by atoms with Crippen molar-refractivity contribution in [3.63, 3.8) is 0 Å². The van der Waals surface area contributed by atoms with Crippen LogP contribution in [0.5, 0.6) is 0 Å². The zero-order chi connectivity index (χ0) is 12.5. The van der Waals surface area contributed by atoms with Crippen LogP contribution in [0.2, 0.25) is 0 Å². The van der Waals surface area contributed by atoms with Crippen molar-refractivity contribution in [2.45, 2.75) is 25.1 Å². The molecule has 0 saturated carbocycles. The number of anilines is 1. The summed E-state index contributed by atoms with van der Waals surface area (Å²) < 4.78 is 38.5. The Kier molecular flexibility index (Phi) is 3.28. The number of hydrogen-bond acceptors (Lipinski definition) is 2. The number of benzene rings is 1. The first-order chi connectivity index (χ1) is 8.02. The van der Waals surface area contributed by atoms with Crippen molar-refractivity contribution in [3.8, 4) is 0 Å². The molecule has 1 heterocycles. The molecule has 0 spiro atoms. The van der Waals surface area contributed by atoms with E-state index in [0.29, 0.717) is 13.0 Å². The molecule has 94 valence electrons. The fraction of sp³-hybridized carbons (Fsp3) is 0.500. The van der Waals surface area contributed by atoms with Gasteiger partial charge >= 0.3 is 6.18 Å². The van der Waals surface area contributed by atoms with Gasteiger partial charge in [0.05, 0.1) is 5.56 Å². The Balaban J connectivity index is 2.33. The van der Waals surface area contributed by atoms with E-state index >= 15 is 0 Å². The van der Waals surface area contributed by atoms with Crippen LogP contribution in [0, 0.1) is 0 Å². The molecule has 0 amide bonds. The van der Waals surface area contributed by atoms with Gasteiger partial charge in [-0.25, -0.2) is 0 Å². The molecule has 1 unspecified atom stereocenters. The number of rotatable bonds is 2. The molecule has 1 aromatic rings. The second kappa shape index (κ2) is 4.56. The minimum Gasteiger partial charge on any atom is -0.380 e. The highest BCUT2D eigenvalue weighted by molar-refractivity contribution is 5.61. The largest absolute Gasteiger partial charge is 0.418 e. The molecule has 17 heavy (non-hydrogen) atoms. The van der Waals surface area contributed by atoms with Crippen LogP contribution in [-0.4, -0.2) is 19.6 Å². The Morgan fingerprint density at radius 2 is 2.18 bits per heavy atom. The predicted molar refractivity (Wildman–Crippen MR) is 61.1 cm³/mol. The summed E-state index contributed by atoms with van der Waals surface area (Å²) >= 11 is 0. The summed E-state index contributed by atoms with van der Waals surface area (Å²) in [5, 5.41) is 5.97. The summed E-state index contributed by atoms with van der Waals surface area (Å²) in [5.74, 6) is 0. The van der Waals surface area contributed by atoms with Crippen LogP contribution in [0.4, 0.5) is 18.9 Å². The third kappa shape index (κ3) is 2.54. The van der Waals surface area contributed by atoms with Crippen LogP contribution in [0.25, 0.3) is 0 Å². The second-order valence-electron chi connectivity index (χ2n) is 4.28. The molecule has 0 aromatic heterocycles. The fourth-order valence-electron chi connectivity index (χ4n) is 2.22. The average Bonchev–Trinajstić information content (AvgIpc) is 2.27. The summed E-state index contributed by atoms with van der Waals surface area (Å²) in [6.07, 6.45) is -2.74. The van der Waals surface area contributed by atoms with E-state index in [0.717, 1.165) is 18.1 Å². The number of nitrogens with one attached hydrogen (secondary N) is 2. The van der Waals surface area contributed by atoms with Gasteiger partial charge in [0.1, 0.15) is 0 Å². The number of halogens is 3. The van der Waals surface area contributed by atoms with Crippen LogP contribution in [0.3, 0.4) is 0 Å². The zero-order valence-corrected chi connectivity index (χ0v) is 9.56. The van der Waals surface area contributed by atoms with Gasteiger partial charge in [0.2, 0.25) is 0 Å². The Labute approximate surface area is 98.2 Å². The normalized spacial score (nSPS) is 19.6. The Hall–Kier alpha value is -1.23. The lowest BCUT2D eigenvalue weighted by Crippen LogP contribution is -2.35. The Morgan fingerprint density at radius 3 is 2.82 bits per heavy atom. The van der Waals surface area contributed by atoms with Crippen LogP contribution in [0.15, 0.2) is 18.2 Å². The molecule has 2 N–H and O–H groups in total. The van der Waals surface area contributed by atoms with E-state index in [9.17, 15) is 13.2 Å². The predicted octanol–water partition coefficient (Wildman–Crippen LogP) is 2.65. The van der Waals surface area contributed by atoms with Gasteiger partial charge in [0, 0.05) is 18.3 Å². The zero-order valence-electron chi connectivity index (χ0n) is 9.56. The molecule has 0 saturated heterocycles. The highest BCUT2D eigenvalue weighted by Gasteiger charge is 2.35. The number of hydrogen-bond donors (Lipinski definition) is 2. The first-order valence-corrected chi connectivity index (χ1v) is 5.62. The third-order valence-corrected chi connectivity index (χ3v) is 3.02. The lowest BCUT2D eigenvalue weighted by atomic mass is 9.95. The number of alkyl halides is 3. The Morgan fingerprint density at radius 1 is 1.41 bits per heavy atom. The van der Waals surface area contributed by atoms with Crippen molar-refractivity contribution in [2.24, 2.45) is 0 Å². The summed E-state index contributed by atoms with van der Waals surface area (Å²) in [5.41, 5.74) is 0.453. The lowest BCUT2D eigenvalue weighted by Gasteiger charge is -2.29. The standard InChI is InChI=1S/C12H15F3N2/c1-16-7-9-6-5-8-3-2-4-10(11(8)17-9)12(13,14)15/h2-4,9,16-17H,5-7H2,1H3. The van der Waals surface area contributed by atoms with E-state index in [1.54, 1.807) is 13.1 Å². The summed E-state index contributed by atoms with van der Waals surface area (Å²) in [7, 11) is 1.80. The van der Waals surface area contributed by atoms with E-state index < -0.39 is 11.7 Å². The molecule has 1 aromatic carbocycles. The lowest BCUT2D eigenvalue weighted by molar-refractivity contribution is -0.137. The molecule has 0 fully saturated rings. The van der Waals surface area contributed by atoms with Gasteiger partial charge in [-0.2, -0.15) is 13.2 Å². The van der Waals surface area contributed by atoms with Crippen molar-refractivity contribution in [1.29, 1.82) is 0 Å². The molecular formula is C12H15F3N2. The van der Waals surface area contributed by atoms with Crippen LogP contribution in [0.1, 0.15) is 17.5 Å². The minimum atomic E-state index is -4.29. The SMILES string of the molecule is CNCC1CCc2cccc(C(F)(F)F)c2N1. The van der Waals surface area contributed by atoms with E-state index in [1.165, 1.54) is 6.07 Å². The van der Waals surface area contributed by atoms with Gasteiger partial charge in [-0.05, 0) is 31.5 Å². The van der Waals surface area contributed by atoms with E-state index in [2.05, 4.69) is 10.6 Å². The quantitative estimate of drug-likeness (QED) is 0.835. The third-order valence-electron chi connectivity index (χ3n) is 3.02. The first-order valence-electron chi connectivity index (χ1n) is 5.62. The average molecular weight is 244 g/mol. The van der Waals surface area contributed by atoms with Crippen LogP contribution in [-0.2, 0) is 12.6 Å². The van der Waals surface area contributed by atoms with Crippen molar-refractivity contribution in [1.82, 2.24) is 5.32 Å². The van der Waals surface area contributed by atoms with Crippen LogP contribution >= 0.6 is 0 Å². The highest BCUT2D eigenvalue weighted by Crippen LogP contribution is 2.39. The highest BCUT2D eigenvalue weighted by atomic mass is 19.4. The maximum absolute atomic E-state index is 12.8. The summed E-state index contributed by atoms with van der Waals surface area (Å²) in [4.78, 5) is 0. The van der Waals surface area contributed by atoms with Crippen molar-refractivity contribution in [2.75, 3.05) is 18.9 Å². The second-order valence-corrected chi connectivity index (χ2v) is 4.28. The monoisotopic (exact) mass is 244 g/mol. The number of fused-ring (bicyclic) bond motifs is 1. The van der Waals surface area contributed by atoms with Crippen LogP contribution < -0.4 is 10.6 Å². The maximum Gasteiger partial charge on any atom is 0.418 e. The summed E-state index contributed by atoms with van der Waals surface area (Å²) in [6.45, 7) is 0.672. The van der Waals surface area contributed by atoms with Crippen molar-refractivity contribution >= 4 is 5.69 Å². The van der Waals surface area contributed by atoms with Gasteiger partial charge in [-0.3, -0.25) is 0 Å². The molecular weight excluding hydrogens is 229 g/mol. The maximum atomic E-state index is 12.8. The number of para-hydroxylation sites is 1. The molecule has 5 heteroatoms. The molecule has 1 atom stereocenters. The number of aryl methyl sites for hydroxylation is 1. The van der Waals surface area contributed by atoms with Gasteiger partial charge < -0.3 is 10.6 Å². The van der Waals surface area contributed by atoms with Crippen molar-refractivity contribution < 1.29 is 13.2 Å². The van der Waals surface area contributed by atoms with E-state index in [4.69, 9.17) is 0 Å². The van der Waals surface area contributed by atoms with E-state index in [-0.39, 0.29) is 11.7 Å². The smallest absolute Gasteiger partial charge is 0.380 e. The van der Waals surface area contributed by atoms with Gasteiger partial charge in [0.25, 0.3) is 0 Å².